The van der Waals surface area contributed by atoms with E-state index in [4.69, 9.17) is 4.74 Å². The molecule has 1 rings (SSSR count). The third kappa shape index (κ3) is 4.19. The Balaban J connectivity index is 2.40. The van der Waals surface area contributed by atoms with Crippen molar-refractivity contribution in [1.82, 2.24) is 5.32 Å². The lowest BCUT2D eigenvalue weighted by Gasteiger charge is -2.08. The summed E-state index contributed by atoms with van der Waals surface area (Å²) in [6.07, 6.45) is 0.841. The summed E-state index contributed by atoms with van der Waals surface area (Å²) in [5, 5.41) is 3.33. The Bertz CT molecular complexity index is 326. The van der Waals surface area contributed by atoms with Gasteiger partial charge < -0.3 is 10.1 Å². The third-order valence-corrected chi connectivity index (χ3v) is 2.36. The van der Waals surface area contributed by atoms with Crippen LogP contribution in [0.2, 0.25) is 0 Å². The van der Waals surface area contributed by atoms with E-state index in [-0.39, 0.29) is 5.82 Å². The van der Waals surface area contributed by atoms with Gasteiger partial charge in [0, 0.05) is 0 Å². The van der Waals surface area contributed by atoms with Gasteiger partial charge in [-0.3, -0.25) is 0 Å². The van der Waals surface area contributed by atoms with Crippen molar-refractivity contribution < 1.29 is 9.13 Å². The first kappa shape index (κ1) is 13.0. The summed E-state index contributed by atoms with van der Waals surface area (Å²) in [7, 11) is 1.47. The molecule has 1 N–H and O–H groups in total. The van der Waals surface area contributed by atoms with Crippen LogP contribution in [0.1, 0.15) is 19.4 Å². The number of rotatable bonds is 6. The molecule has 0 amide bonds. The van der Waals surface area contributed by atoms with E-state index in [0.717, 1.165) is 25.1 Å². The van der Waals surface area contributed by atoms with Crippen LogP contribution in [0.25, 0.3) is 0 Å². The van der Waals surface area contributed by atoms with Gasteiger partial charge in [0.2, 0.25) is 0 Å². The zero-order valence-electron chi connectivity index (χ0n) is 10.2. The lowest BCUT2D eigenvalue weighted by Crippen LogP contribution is -2.22. The Hall–Kier alpha value is -1.09. The number of hydrogen-bond acceptors (Lipinski definition) is 2. The molecule has 0 radical (unpaired) electrons. The highest BCUT2D eigenvalue weighted by atomic mass is 19.1. The van der Waals surface area contributed by atoms with Gasteiger partial charge in [-0.2, -0.15) is 0 Å². The number of ether oxygens (including phenoxy) is 1. The SMILES string of the molecule is COc1ccc(CCNCC(C)C)cc1F. The van der Waals surface area contributed by atoms with Crippen LogP contribution in [0.3, 0.4) is 0 Å². The van der Waals surface area contributed by atoms with Crippen molar-refractivity contribution in [2.24, 2.45) is 5.92 Å². The Morgan fingerprint density at radius 3 is 2.69 bits per heavy atom. The Kier molecular flexibility index (Phi) is 5.26. The summed E-state index contributed by atoms with van der Waals surface area (Å²) >= 11 is 0. The van der Waals surface area contributed by atoms with E-state index in [1.165, 1.54) is 13.2 Å². The van der Waals surface area contributed by atoms with Crippen LogP contribution in [-0.2, 0) is 6.42 Å². The first-order valence-corrected chi connectivity index (χ1v) is 5.66. The quantitative estimate of drug-likeness (QED) is 0.751. The van der Waals surface area contributed by atoms with E-state index in [1.807, 2.05) is 6.07 Å². The van der Waals surface area contributed by atoms with Crippen molar-refractivity contribution in [3.05, 3.63) is 29.6 Å². The average Bonchev–Trinajstić information content (AvgIpc) is 2.24. The molecule has 0 saturated carbocycles. The largest absolute Gasteiger partial charge is 0.494 e. The van der Waals surface area contributed by atoms with E-state index in [9.17, 15) is 4.39 Å². The number of nitrogens with one attached hydrogen (secondary N) is 1. The van der Waals surface area contributed by atoms with Gasteiger partial charge in [0.25, 0.3) is 0 Å². The molecular formula is C13H20FNO. The second-order valence-electron chi connectivity index (χ2n) is 4.32. The van der Waals surface area contributed by atoms with E-state index >= 15 is 0 Å². The van der Waals surface area contributed by atoms with Gasteiger partial charge in [-0.15, -0.1) is 0 Å². The minimum atomic E-state index is -0.288. The molecule has 0 saturated heterocycles. The number of methoxy groups -OCH3 is 1. The molecule has 90 valence electrons. The van der Waals surface area contributed by atoms with Crippen molar-refractivity contribution in [3.63, 3.8) is 0 Å². The Labute approximate surface area is 96.8 Å². The molecule has 0 aliphatic carbocycles. The summed E-state index contributed by atoms with van der Waals surface area (Å²) in [6, 6.07) is 5.11. The molecule has 1 aromatic rings. The molecular weight excluding hydrogens is 205 g/mol. The maximum absolute atomic E-state index is 13.3. The number of benzene rings is 1. The summed E-state index contributed by atoms with van der Waals surface area (Å²) in [4.78, 5) is 0. The van der Waals surface area contributed by atoms with Gasteiger partial charge in [0.15, 0.2) is 11.6 Å². The van der Waals surface area contributed by atoms with E-state index in [2.05, 4.69) is 19.2 Å². The highest BCUT2D eigenvalue weighted by molar-refractivity contribution is 5.29. The van der Waals surface area contributed by atoms with Gasteiger partial charge >= 0.3 is 0 Å². The van der Waals surface area contributed by atoms with Crippen LogP contribution in [-0.4, -0.2) is 20.2 Å². The molecule has 0 spiro atoms. The predicted octanol–water partition coefficient (Wildman–Crippen LogP) is 2.62. The van der Waals surface area contributed by atoms with Crippen LogP contribution >= 0.6 is 0 Å². The van der Waals surface area contributed by atoms with E-state index in [1.54, 1.807) is 6.07 Å². The summed E-state index contributed by atoms with van der Waals surface area (Å²) < 4.78 is 18.2. The van der Waals surface area contributed by atoms with Crippen molar-refractivity contribution in [2.45, 2.75) is 20.3 Å². The Morgan fingerprint density at radius 2 is 2.12 bits per heavy atom. The summed E-state index contributed by atoms with van der Waals surface area (Å²) in [6.45, 7) is 6.21. The fourth-order valence-corrected chi connectivity index (χ4v) is 1.49. The molecule has 0 atom stereocenters. The standard InChI is InChI=1S/C13H20FNO/c1-10(2)9-15-7-6-11-4-5-13(16-3)12(14)8-11/h4-5,8,10,15H,6-7,9H2,1-3H3. The molecule has 16 heavy (non-hydrogen) atoms. The second-order valence-corrected chi connectivity index (χ2v) is 4.32. The molecule has 2 nitrogen and oxygen atoms in total. The number of hydrogen-bond donors (Lipinski definition) is 1. The Morgan fingerprint density at radius 1 is 1.38 bits per heavy atom. The molecule has 0 fully saturated rings. The highest BCUT2D eigenvalue weighted by Gasteiger charge is 2.03. The third-order valence-electron chi connectivity index (χ3n) is 2.36. The molecule has 0 unspecified atom stereocenters. The maximum atomic E-state index is 13.3. The zero-order chi connectivity index (χ0) is 12.0. The topological polar surface area (TPSA) is 21.3 Å². The van der Waals surface area contributed by atoms with Gasteiger partial charge in [-0.05, 0) is 43.1 Å². The molecule has 1 aromatic carbocycles. The lowest BCUT2D eigenvalue weighted by molar-refractivity contribution is 0.386. The van der Waals surface area contributed by atoms with Crippen LogP contribution in [0, 0.1) is 11.7 Å². The minimum Gasteiger partial charge on any atom is -0.494 e. The average molecular weight is 225 g/mol. The van der Waals surface area contributed by atoms with Crippen LogP contribution in [0.4, 0.5) is 4.39 Å². The fourth-order valence-electron chi connectivity index (χ4n) is 1.49. The monoisotopic (exact) mass is 225 g/mol. The van der Waals surface area contributed by atoms with Crippen LogP contribution in [0.5, 0.6) is 5.75 Å². The normalized spacial score (nSPS) is 10.8. The van der Waals surface area contributed by atoms with Gasteiger partial charge in [-0.1, -0.05) is 19.9 Å². The smallest absolute Gasteiger partial charge is 0.165 e. The molecule has 0 aliphatic heterocycles. The molecule has 0 bridgehead atoms. The van der Waals surface area contributed by atoms with Gasteiger partial charge in [0.1, 0.15) is 0 Å². The highest BCUT2D eigenvalue weighted by Crippen LogP contribution is 2.17. The number of halogens is 1. The summed E-state index contributed by atoms with van der Waals surface area (Å²) in [5.74, 6) is 0.662. The summed E-state index contributed by atoms with van der Waals surface area (Å²) in [5.41, 5.74) is 0.995. The van der Waals surface area contributed by atoms with Crippen molar-refractivity contribution in [2.75, 3.05) is 20.2 Å². The van der Waals surface area contributed by atoms with Crippen molar-refractivity contribution in [3.8, 4) is 5.75 Å². The maximum Gasteiger partial charge on any atom is 0.165 e. The van der Waals surface area contributed by atoms with Gasteiger partial charge in [-0.25, -0.2) is 4.39 Å². The van der Waals surface area contributed by atoms with Crippen molar-refractivity contribution >= 4 is 0 Å². The first-order valence-electron chi connectivity index (χ1n) is 5.66. The molecule has 0 aromatic heterocycles. The molecule has 0 aliphatic rings. The van der Waals surface area contributed by atoms with E-state index in [0.29, 0.717) is 11.7 Å². The van der Waals surface area contributed by atoms with Gasteiger partial charge in [0.05, 0.1) is 7.11 Å². The molecule has 0 heterocycles. The zero-order valence-corrected chi connectivity index (χ0v) is 10.2. The fraction of sp³-hybridized carbons (Fsp3) is 0.538. The minimum absolute atomic E-state index is 0.288. The molecule has 3 heteroatoms. The van der Waals surface area contributed by atoms with Crippen LogP contribution in [0.15, 0.2) is 18.2 Å². The predicted molar refractivity (Wildman–Crippen MR) is 64.4 cm³/mol. The van der Waals surface area contributed by atoms with E-state index < -0.39 is 0 Å². The second kappa shape index (κ2) is 6.48. The van der Waals surface area contributed by atoms with Crippen molar-refractivity contribution in [1.29, 1.82) is 0 Å². The first-order chi connectivity index (χ1) is 7.63. The van der Waals surface area contributed by atoms with Crippen LogP contribution < -0.4 is 10.1 Å². The lowest BCUT2D eigenvalue weighted by atomic mass is 10.1.